The van der Waals surface area contributed by atoms with Crippen LogP contribution in [-0.2, 0) is 21.2 Å². The van der Waals surface area contributed by atoms with Crippen molar-refractivity contribution in [2.75, 3.05) is 38.3 Å². The van der Waals surface area contributed by atoms with Crippen molar-refractivity contribution in [1.82, 2.24) is 14.5 Å². The number of benzene rings is 1. The van der Waals surface area contributed by atoms with Crippen LogP contribution in [0.3, 0.4) is 0 Å². The molecule has 0 unspecified atom stereocenters. The summed E-state index contributed by atoms with van der Waals surface area (Å²) in [4.78, 5) is 27.4. The van der Waals surface area contributed by atoms with E-state index in [9.17, 15) is 23.1 Å². The molecular weight excluding hydrogens is 484 g/mol. The average Bonchev–Trinajstić information content (AvgIpc) is 2.86. The number of aliphatic hydroxyl groups is 1. The number of rotatable bonds is 7. The first-order valence-corrected chi connectivity index (χ1v) is 14.5. The normalized spacial score (nSPS) is 22.6. The van der Waals surface area contributed by atoms with Crippen LogP contribution in [-0.4, -0.2) is 85.9 Å². The number of hydrogen-bond donors (Lipinski definition) is 3. The number of ether oxygens (including phenoxy) is 1. The molecule has 0 spiro atoms. The van der Waals surface area contributed by atoms with Crippen molar-refractivity contribution in [2.24, 2.45) is 5.92 Å². The van der Waals surface area contributed by atoms with Gasteiger partial charge in [0, 0.05) is 36.8 Å². The van der Waals surface area contributed by atoms with Gasteiger partial charge >= 0.3 is 6.03 Å². The maximum Gasteiger partial charge on any atom is 0.319 e. The summed E-state index contributed by atoms with van der Waals surface area (Å²) in [6, 6.07) is 4.63. The smallest absolute Gasteiger partial charge is 0.319 e. The van der Waals surface area contributed by atoms with Crippen LogP contribution in [0.4, 0.5) is 10.5 Å². The van der Waals surface area contributed by atoms with Gasteiger partial charge in [0.2, 0.25) is 15.9 Å². The van der Waals surface area contributed by atoms with Gasteiger partial charge in [-0.3, -0.25) is 4.79 Å². The number of fused-ring (bicyclic) bond motifs is 1. The van der Waals surface area contributed by atoms with Crippen molar-refractivity contribution < 1.29 is 27.9 Å². The Morgan fingerprint density at radius 3 is 2.61 bits per heavy atom. The fourth-order valence-corrected chi connectivity index (χ4v) is 5.13. The van der Waals surface area contributed by atoms with Crippen LogP contribution in [0.15, 0.2) is 18.2 Å². The molecule has 10 nitrogen and oxygen atoms in total. The number of sulfonamides is 1. The molecule has 1 aliphatic carbocycles. The third kappa shape index (κ3) is 7.57. The summed E-state index contributed by atoms with van der Waals surface area (Å²) in [6.07, 6.45) is 6.00. The van der Waals surface area contributed by atoms with Crippen LogP contribution in [0.5, 0.6) is 5.75 Å². The predicted octanol–water partition coefficient (Wildman–Crippen LogP) is 2.18. The predicted molar refractivity (Wildman–Crippen MR) is 138 cm³/mol. The maximum atomic E-state index is 13.3. The Labute approximate surface area is 214 Å². The molecule has 0 radical (unpaired) electrons. The molecule has 3 atom stereocenters. The zero-order chi connectivity index (χ0) is 26.5. The van der Waals surface area contributed by atoms with Gasteiger partial charge in [-0.2, -0.15) is 0 Å². The lowest BCUT2D eigenvalue weighted by atomic mass is 9.96. The molecule has 202 valence electrons. The van der Waals surface area contributed by atoms with Gasteiger partial charge in [-0.1, -0.05) is 26.2 Å². The SMILES string of the molecule is C[C@@H]1CN([C@H](C)CO)C(=O)Cc2cc(NC(=O)NC3CCCCC3)ccc2O[C@@H]1CN(C)S(C)(=O)=O. The van der Waals surface area contributed by atoms with Gasteiger partial charge in [-0.15, -0.1) is 0 Å². The van der Waals surface area contributed by atoms with Crippen LogP contribution >= 0.6 is 0 Å². The van der Waals surface area contributed by atoms with Crippen LogP contribution in [0, 0.1) is 5.92 Å². The topological polar surface area (TPSA) is 128 Å². The van der Waals surface area contributed by atoms with E-state index >= 15 is 0 Å². The van der Waals surface area contributed by atoms with Crippen LogP contribution in [0.25, 0.3) is 0 Å². The maximum absolute atomic E-state index is 13.3. The van der Waals surface area contributed by atoms with E-state index in [1.54, 1.807) is 30.0 Å². The molecule has 3 rings (SSSR count). The third-order valence-electron chi connectivity index (χ3n) is 7.12. The van der Waals surface area contributed by atoms with Crippen molar-refractivity contribution >= 4 is 27.6 Å². The van der Waals surface area contributed by atoms with E-state index in [0.717, 1.165) is 31.9 Å². The zero-order valence-corrected chi connectivity index (χ0v) is 22.5. The second-order valence-corrected chi connectivity index (χ2v) is 12.3. The minimum atomic E-state index is -3.43. The lowest BCUT2D eigenvalue weighted by molar-refractivity contribution is -0.134. The van der Waals surface area contributed by atoms with E-state index in [1.807, 2.05) is 6.92 Å². The van der Waals surface area contributed by atoms with E-state index < -0.39 is 22.2 Å². The van der Waals surface area contributed by atoms with Gasteiger partial charge in [0.25, 0.3) is 0 Å². The molecule has 1 fully saturated rings. The number of carbonyl (C=O) groups is 2. The van der Waals surface area contributed by atoms with Crippen LogP contribution in [0.1, 0.15) is 51.5 Å². The van der Waals surface area contributed by atoms with Crippen LogP contribution in [0.2, 0.25) is 0 Å². The largest absolute Gasteiger partial charge is 0.488 e. The molecule has 1 aliphatic heterocycles. The number of carbonyl (C=O) groups excluding carboxylic acids is 2. The summed E-state index contributed by atoms with van der Waals surface area (Å²) in [7, 11) is -1.94. The van der Waals surface area contributed by atoms with Crippen molar-refractivity contribution in [2.45, 2.75) is 70.6 Å². The molecule has 3 N–H and O–H groups in total. The van der Waals surface area contributed by atoms with Crippen molar-refractivity contribution in [1.29, 1.82) is 0 Å². The minimum Gasteiger partial charge on any atom is -0.488 e. The highest BCUT2D eigenvalue weighted by Gasteiger charge is 2.32. The second-order valence-electron chi connectivity index (χ2n) is 10.2. The van der Waals surface area contributed by atoms with Crippen LogP contribution < -0.4 is 15.4 Å². The zero-order valence-electron chi connectivity index (χ0n) is 21.7. The van der Waals surface area contributed by atoms with Gasteiger partial charge in [-0.05, 0) is 38.0 Å². The Morgan fingerprint density at radius 1 is 1.28 bits per heavy atom. The highest BCUT2D eigenvalue weighted by atomic mass is 32.2. The summed E-state index contributed by atoms with van der Waals surface area (Å²) < 4.78 is 31.7. The van der Waals surface area contributed by atoms with Gasteiger partial charge in [0.05, 0.1) is 31.9 Å². The fourth-order valence-electron chi connectivity index (χ4n) is 4.71. The summed E-state index contributed by atoms with van der Waals surface area (Å²) >= 11 is 0. The number of urea groups is 1. The van der Waals surface area contributed by atoms with E-state index in [1.165, 1.54) is 17.8 Å². The molecule has 0 saturated heterocycles. The minimum absolute atomic E-state index is 0.0286. The lowest BCUT2D eigenvalue weighted by Gasteiger charge is -2.33. The number of aliphatic hydroxyl groups excluding tert-OH is 1. The average molecular weight is 525 g/mol. The second kappa shape index (κ2) is 12.2. The molecular formula is C25H40N4O6S. The molecule has 0 bridgehead atoms. The number of nitrogens with one attached hydrogen (secondary N) is 2. The van der Waals surface area contributed by atoms with Gasteiger partial charge < -0.3 is 25.4 Å². The first kappa shape index (κ1) is 28.2. The molecule has 11 heteroatoms. The van der Waals surface area contributed by atoms with Crippen molar-refractivity contribution in [3.05, 3.63) is 23.8 Å². The Kier molecular flexibility index (Phi) is 9.59. The lowest BCUT2D eigenvalue weighted by Crippen LogP contribution is -2.48. The van der Waals surface area contributed by atoms with Gasteiger partial charge in [0.1, 0.15) is 11.9 Å². The van der Waals surface area contributed by atoms with E-state index in [-0.39, 0.29) is 43.5 Å². The monoisotopic (exact) mass is 524 g/mol. The van der Waals surface area contributed by atoms with E-state index in [4.69, 9.17) is 4.74 Å². The Hall–Kier alpha value is -2.37. The number of anilines is 1. The molecule has 1 heterocycles. The summed E-state index contributed by atoms with van der Waals surface area (Å²) in [6.45, 7) is 3.91. The third-order valence-corrected chi connectivity index (χ3v) is 8.40. The Balaban J connectivity index is 1.86. The number of nitrogens with zero attached hydrogens (tertiary/aromatic N) is 2. The molecule has 2 aliphatic rings. The summed E-state index contributed by atoms with van der Waals surface area (Å²) in [5.41, 5.74) is 1.13. The highest BCUT2D eigenvalue weighted by molar-refractivity contribution is 7.88. The number of amides is 3. The molecule has 3 amide bonds. The number of hydrogen-bond acceptors (Lipinski definition) is 6. The van der Waals surface area contributed by atoms with E-state index in [2.05, 4.69) is 10.6 Å². The Morgan fingerprint density at radius 2 is 1.97 bits per heavy atom. The van der Waals surface area contributed by atoms with E-state index in [0.29, 0.717) is 23.5 Å². The van der Waals surface area contributed by atoms with Gasteiger partial charge in [-0.25, -0.2) is 17.5 Å². The first-order chi connectivity index (χ1) is 17.0. The first-order valence-electron chi connectivity index (χ1n) is 12.7. The van der Waals surface area contributed by atoms with Crippen molar-refractivity contribution in [3.8, 4) is 5.75 Å². The Bertz CT molecular complexity index is 1030. The highest BCUT2D eigenvalue weighted by Crippen LogP contribution is 2.29. The molecule has 36 heavy (non-hydrogen) atoms. The molecule has 1 saturated carbocycles. The fraction of sp³-hybridized carbons (Fsp3) is 0.680. The molecule has 1 aromatic rings. The van der Waals surface area contributed by atoms with Crippen molar-refractivity contribution in [3.63, 3.8) is 0 Å². The summed E-state index contributed by atoms with van der Waals surface area (Å²) in [5.74, 6) is 0.0881. The standard InChI is InChI=1S/C25H40N4O6S/c1-17-14-29(18(2)16-30)24(31)13-19-12-21(27-25(32)26-20-8-6-5-7-9-20)10-11-22(19)35-23(17)15-28(3)36(4,33)34/h10-12,17-18,20,23,30H,5-9,13-16H2,1-4H3,(H2,26,27,32)/t17-,18-,23-/m1/s1. The molecule has 1 aromatic carbocycles. The van der Waals surface area contributed by atoms with Gasteiger partial charge in [0.15, 0.2) is 0 Å². The quantitative estimate of drug-likeness (QED) is 0.502. The molecule has 0 aromatic heterocycles. The summed E-state index contributed by atoms with van der Waals surface area (Å²) in [5, 5.41) is 15.6. The number of likely N-dealkylation sites (N-methyl/N-ethyl adjacent to an activating group) is 1.